The molecule has 8 bridgehead atoms. The number of aromatic nitrogens is 5. The summed E-state index contributed by atoms with van der Waals surface area (Å²) in [6.45, 7) is 12.9. The topological polar surface area (TPSA) is 519 Å². The number of anilines is 2. The van der Waals surface area contributed by atoms with Gasteiger partial charge in [-0.25, -0.2) is 19.6 Å². The number of esters is 1. The highest BCUT2D eigenvalue weighted by atomic mass is 33.1. The average Bonchev–Trinajstić information content (AvgIpc) is 1.56. The number of benzene rings is 1. The van der Waals surface area contributed by atoms with Gasteiger partial charge in [0.1, 0.15) is 23.8 Å². The number of allylic oxidation sites excluding steroid dienone is 7. The van der Waals surface area contributed by atoms with Crippen LogP contribution < -0.4 is 43.2 Å². The number of hydrogen-bond donors (Lipinski definition) is 12. The minimum Gasteiger partial charge on any atom is -0.480 e. The number of aliphatic imine (C=N–C) groups is 2. The van der Waals surface area contributed by atoms with Gasteiger partial charge in [0, 0.05) is 143 Å². The molecule has 1 aromatic carbocycles. The number of carboxylic acid groups (broad SMARTS) is 2. The lowest BCUT2D eigenvalue weighted by Crippen LogP contribution is -2.46. The number of nitrogen functional groups attached to an aromatic ring is 1. The van der Waals surface area contributed by atoms with Crippen molar-refractivity contribution in [2.45, 2.75) is 163 Å². The Morgan fingerprint density at radius 3 is 2.14 bits per heavy atom. The summed E-state index contributed by atoms with van der Waals surface area (Å²) >= 11 is 0. The highest BCUT2D eigenvalue weighted by Crippen LogP contribution is 2.51. The number of nitrogens with two attached hydrogens (primary N) is 1. The van der Waals surface area contributed by atoms with Crippen LogP contribution in [0.1, 0.15) is 175 Å². The summed E-state index contributed by atoms with van der Waals surface area (Å²) in [7, 11) is -1.08. The molecule has 0 spiro atoms. The number of ketones is 4. The Balaban J connectivity index is 0.768. The fourth-order valence-electron chi connectivity index (χ4n) is 14.6. The molecule has 3 aromatic heterocycles. The third-order valence-electron chi connectivity index (χ3n) is 20.6. The number of fused-ring (bicyclic) bond motifs is 7. The first-order valence-corrected chi connectivity index (χ1v) is 41.4. The molecule has 3 aliphatic heterocycles. The quantitative estimate of drug-likeness (QED) is 0.00566. The Morgan fingerprint density at radius 1 is 0.761 bits per heavy atom. The lowest BCUT2D eigenvalue weighted by Gasteiger charge is -2.22. The number of ether oxygens (including phenoxy) is 1. The van der Waals surface area contributed by atoms with Crippen LogP contribution in [0, 0.1) is 42.4 Å². The molecule has 2 aliphatic carbocycles. The van der Waals surface area contributed by atoms with Crippen molar-refractivity contribution in [1.82, 2.24) is 51.5 Å². The molecule has 33 nitrogen and oxygen atoms in total. The number of nitrogens with zero attached hydrogens (tertiary/aromatic N) is 5. The smallest absolute Gasteiger partial charge is 0.327 e. The third-order valence-corrected chi connectivity index (χ3v) is 23.8. The maximum atomic E-state index is 14.6. The van der Waals surface area contributed by atoms with E-state index in [0.717, 1.165) is 39.8 Å². The molecule has 0 saturated carbocycles. The standard InChI is InChI=1S/C77H94N14O19S3/c1-9-13-61(96)86-51(14-11-24-79-60(95)23-21-49-39(5)54-32-55-40(6)63(41(7)92)57(85-55)33-53-38(4)48(10-2)56(84-53)30-43-29-50-64(37(43)3)69(98)66(76(106)110-8)65(50)67(49)87-54)59(94)15-12-26-111-112-36-58(75(104)105)89-72(100)44(31-62(97)80-25-27-113(107,108)109)28-47(93)20-22-52(74(102)103)88-71(99)42-16-18-45(19-17-42)81-34-46-35-82-70-68(83-46)73(101)91-77(78)90-70/h16-19,30,32-33,35,38-39,44,48-49,51-52,58,66,81,85H,9-15,20-29,31,34,36H2,1-8H3,(H,79,95)(H,80,97)(H,86,96)(H,88,99)(H,89,100)(H,102,103)(H,104,105)(H,107,108,109)(H3,78,82,90,91,101)/t38-,39+,44+,48-,49+,51+,52+,58+,66?/m1/s1. The molecule has 36 heteroatoms. The van der Waals surface area contributed by atoms with Gasteiger partial charge < -0.3 is 57.6 Å². The molecule has 0 radical (unpaired) electrons. The number of H-pyrrole nitrogens is 2. The van der Waals surface area contributed by atoms with E-state index in [2.05, 4.69) is 76.7 Å². The van der Waals surface area contributed by atoms with E-state index in [4.69, 9.17) is 20.5 Å². The number of carboxylic acids is 2. The molecule has 5 amide bonds. The van der Waals surface area contributed by atoms with Crippen molar-refractivity contribution >= 4 is 149 Å². The second kappa shape index (κ2) is 38.8. The Kier molecular flexibility index (Phi) is 29.6. The van der Waals surface area contributed by atoms with Crippen LogP contribution in [0.3, 0.4) is 0 Å². The van der Waals surface area contributed by atoms with Crippen molar-refractivity contribution < 1.29 is 85.5 Å². The molecule has 13 N–H and O–H groups in total. The monoisotopic (exact) mass is 1610 g/mol. The van der Waals surface area contributed by atoms with Crippen molar-refractivity contribution in [1.29, 1.82) is 0 Å². The fraction of sp³-hybridized carbons (Fsp3) is 0.481. The van der Waals surface area contributed by atoms with Crippen molar-refractivity contribution in [3.63, 3.8) is 0 Å². The molecule has 604 valence electrons. The van der Waals surface area contributed by atoms with Gasteiger partial charge in [0.15, 0.2) is 28.5 Å². The fourth-order valence-corrected chi connectivity index (χ4v) is 17.2. The predicted octanol–water partition coefficient (Wildman–Crippen LogP) is 6.48. The number of methoxy groups -OCH3 is 1. The molecule has 5 aliphatic rings. The maximum absolute atomic E-state index is 14.6. The zero-order valence-corrected chi connectivity index (χ0v) is 66.3. The first kappa shape index (κ1) is 86.4. The summed E-state index contributed by atoms with van der Waals surface area (Å²) in [6.07, 6.45) is 7.55. The second-order valence-electron chi connectivity index (χ2n) is 28.5. The normalized spacial score (nSPS) is 18.7. The van der Waals surface area contributed by atoms with Gasteiger partial charge in [-0.3, -0.25) is 72.3 Å². The Hall–Kier alpha value is -10.6. The van der Waals surface area contributed by atoms with E-state index in [9.17, 15) is 85.5 Å². The summed E-state index contributed by atoms with van der Waals surface area (Å²) in [5.41, 5.74) is 14.5. The van der Waals surface area contributed by atoms with E-state index < -0.39 is 131 Å². The minimum atomic E-state index is -4.53. The van der Waals surface area contributed by atoms with E-state index in [0.29, 0.717) is 80.6 Å². The number of carbonyl (C=O) groups is 12. The van der Waals surface area contributed by atoms with Crippen LogP contribution in [-0.4, -0.2) is 186 Å². The summed E-state index contributed by atoms with van der Waals surface area (Å²) in [5, 5.41) is 36.0. The molecule has 4 aromatic rings. The van der Waals surface area contributed by atoms with Crippen LogP contribution in [0.25, 0.3) is 23.3 Å². The average molecular weight is 1620 g/mol. The number of aliphatic carboxylic acids is 2. The van der Waals surface area contributed by atoms with Gasteiger partial charge in [0.2, 0.25) is 29.6 Å². The lowest BCUT2D eigenvalue weighted by molar-refractivity contribution is -0.146. The van der Waals surface area contributed by atoms with Crippen molar-refractivity contribution in [3.8, 4) is 0 Å². The minimum absolute atomic E-state index is 0.000905. The summed E-state index contributed by atoms with van der Waals surface area (Å²) in [4.78, 5) is 202. The number of hydrogen-bond acceptors (Lipinski definition) is 25. The zero-order chi connectivity index (χ0) is 82.3. The van der Waals surface area contributed by atoms with Gasteiger partial charge in [-0.1, -0.05) is 49.3 Å². The number of Topliss-reactive ketones (excluding diaryl/α,β-unsaturated/α-hetero) is 4. The van der Waals surface area contributed by atoms with Gasteiger partial charge in [0.05, 0.1) is 49.0 Å². The molecular formula is C77H94N14O19S3. The largest absolute Gasteiger partial charge is 0.480 e. The first-order valence-electron chi connectivity index (χ1n) is 37.3. The molecule has 9 atom stereocenters. The molecule has 0 saturated heterocycles. The number of amides is 5. The highest BCUT2D eigenvalue weighted by molar-refractivity contribution is 8.76. The van der Waals surface area contributed by atoms with E-state index in [1.165, 1.54) is 55.3 Å². The van der Waals surface area contributed by atoms with Gasteiger partial charge >= 0.3 is 17.9 Å². The number of rotatable bonds is 40. The maximum Gasteiger partial charge on any atom is 0.327 e. The van der Waals surface area contributed by atoms with Crippen molar-refractivity contribution in [3.05, 3.63) is 120 Å². The van der Waals surface area contributed by atoms with E-state index >= 15 is 0 Å². The van der Waals surface area contributed by atoms with E-state index in [1.54, 1.807) is 0 Å². The summed E-state index contributed by atoms with van der Waals surface area (Å²) in [5.74, 6) is -13.3. The molecule has 1 unspecified atom stereocenters. The van der Waals surface area contributed by atoms with E-state index in [1.807, 2.05) is 39.8 Å². The van der Waals surface area contributed by atoms with Crippen LogP contribution in [-0.2, 0) is 69.3 Å². The number of carbonyl (C=O) groups excluding carboxylic acids is 10. The van der Waals surface area contributed by atoms with Crippen LogP contribution >= 0.6 is 21.6 Å². The number of aromatic amines is 2. The highest BCUT2D eigenvalue weighted by Gasteiger charge is 2.51. The van der Waals surface area contributed by atoms with Crippen molar-refractivity contribution in [2.75, 3.05) is 48.5 Å². The van der Waals surface area contributed by atoms with Gasteiger partial charge in [-0.05, 0) is 137 Å². The summed E-state index contributed by atoms with van der Waals surface area (Å²) in [6, 6.07) is 1.68. The van der Waals surface area contributed by atoms with Crippen LogP contribution in [0.5, 0.6) is 0 Å². The zero-order valence-electron chi connectivity index (χ0n) is 63.9. The Morgan fingerprint density at radius 2 is 1.46 bits per heavy atom. The van der Waals surface area contributed by atoms with Crippen LogP contribution in [0.4, 0.5) is 11.6 Å². The molecular weight excluding hydrogens is 1520 g/mol. The van der Waals surface area contributed by atoms with Crippen LogP contribution in [0.2, 0.25) is 0 Å². The number of nitrogens with one attached hydrogen (secondary N) is 8. The Labute approximate surface area is 659 Å². The second-order valence-corrected chi connectivity index (χ2v) is 32.7. The predicted molar refractivity (Wildman–Crippen MR) is 423 cm³/mol. The molecule has 0 fully saturated rings. The SMILES string of the molecule is CCCC(=O)N[C@@H](CCCNC(=O)CC[C@@H]1C2=NC(=Cc3[nH]c(c(C(C)=O)c3C)C=C3N=C(C=C4CC5=C2C(C(=O)OC)C(=O)C5=C4C)[C@H](CC)[C@H]3C)[C@H]1C)C(=O)CCCSSC[C@H](NC(=O)[C@@H](CC(=O)CC[C@H](NC(=O)c1ccc(NCc2cnc3nc(N)[nH]c(=O)c3n2)cc1)C(=O)O)CC(=O)NCCS(=O)(=O)O)C(=O)O. The lowest BCUT2D eigenvalue weighted by atomic mass is 9.80. The summed E-state index contributed by atoms with van der Waals surface area (Å²) < 4.78 is 37.2. The third kappa shape index (κ3) is 22.0. The van der Waals surface area contributed by atoms with Gasteiger partial charge in [-0.2, -0.15) is 13.4 Å². The van der Waals surface area contributed by atoms with Crippen LogP contribution in [0.15, 0.2) is 90.6 Å². The van der Waals surface area contributed by atoms with Gasteiger partial charge in [-0.15, -0.1) is 0 Å². The molecule has 113 heavy (non-hydrogen) atoms. The molecule has 6 heterocycles. The van der Waals surface area contributed by atoms with Gasteiger partial charge in [0.25, 0.3) is 21.6 Å². The Bertz CT molecular complexity index is 4880. The van der Waals surface area contributed by atoms with Crippen molar-refractivity contribution in [2.24, 2.45) is 45.5 Å². The molecule has 9 rings (SSSR count). The first-order chi connectivity index (χ1) is 53.7. The van der Waals surface area contributed by atoms with E-state index in [-0.39, 0.29) is 133 Å².